The van der Waals surface area contributed by atoms with Gasteiger partial charge in [0.25, 0.3) is 0 Å². The van der Waals surface area contributed by atoms with Gasteiger partial charge in [-0.1, -0.05) is 6.07 Å². The highest BCUT2D eigenvalue weighted by molar-refractivity contribution is 9.10. The molecule has 0 unspecified atom stereocenters. The van der Waals surface area contributed by atoms with Crippen LogP contribution < -0.4 is 10.5 Å². The maximum absolute atomic E-state index is 13.2. The summed E-state index contributed by atoms with van der Waals surface area (Å²) in [6.07, 6.45) is -4.60. The van der Waals surface area contributed by atoms with E-state index in [4.69, 9.17) is 10.5 Å². The monoisotopic (exact) mass is 363 g/mol. The van der Waals surface area contributed by atoms with E-state index in [-0.39, 0.29) is 12.3 Å². The van der Waals surface area contributed by atoms with Crippen LogP contribution >= 0.6 is 15.9 Å². The van der Waals surface area contributed by atoms with E-state index in [1.165, 1.54) is 24.3 Å². The van der Waals surface area contributed by atoms with Gasteiger partial charge in [0.1, 0.15) is 17.3 Å². The van der Waals surface area contributed by atoms with Gasteiger partial charge in [-0.25, -0.2) is 4.39 Å². The number of benzene rings is 2. The molecule has 0 aliphatic rings. The van der Waals surface area contributed by atoms with Gasteiger partial charge in [-0.05, 0) is 45.8 Å². The number of hydrogen-bond donors (Lipinski definition) is 1. The summed E-state index contributed by atoms with van der Waals surface area (Å²) < 4.78 is 57.8. The molecule has 0 bridgehead atoms. The van der Waals surface area contributed by atoms with Crippen LogP contribution in [-0.2, 0) is 12.7 Å². The smallest absolute Gasteiger partial charge is 0.419 e. The largest absolute Gasteiger partial charge is 0.455 e. The molecule has 0 amide bonds. The Balaban J connectivity index is 2.46. The Labute approximate surface area is 126 Å². The van der Waals surface area contributed by atoms with Crippen LogP contribution in [0, 0.1) is 5.82 Å². The number of nitrogens with two attached hydrogens (primary N) is 1. The summed E-state index contributed by atoms with van der Waals surface area (Å²) in [4.78, 5) is 0. The maximum atomic E-state index is 13.2. The molecule has 0 radical (unpaired) electrons. The van der Waals surface area contributed by atoms with E-state index < -0.39 is 23.3 Å². The van der Waals surface area contributed by atoms with Crippen molar-refractivity contribution in [1.29, 1.82) is 0 Å². The van der Waals surface area contributed by atoms with Gasteiger partial charge in [-0.15, -0.1) is 0 Å². The molecule has 7 heteroatoms. The fourth-order valence-corrected chi connectivity index (χ4v) is 2.02. The minimum Gasteiger partial charge on any atom is -0.455 e. The SMILES string of the molecule is NCc1ccc(Oc2cc(F)ccc2Br)c(C(F)(F)F)c1. The Morgan fingerprint density at radius 2 is 1.76 bits per heavy atom. The first-order chi connectivity index (χ1) is 9.81. The fourth-order valence-electron chi connectivity index (χ4n) is 1.69. The van der Waals surface area contributed by atoms with Crippen molar-refractivity contribution in [2.45, 2.75) is 12.7 Å². The molecular formula is C14H10BrF4NO. The van der Waals surface area contributed by atoms with Crippen molar-refractivity contribution in [2.75, 3.05) is 0 Å². The number of hydrogen-bond acceptors (Lipinski definition) is 2. The molecule has 0 atom stereocenters. The van der Waals surface area contributed by atoms with Gasteiger partial charge in [0.05, 0.1) is 10.0 Å². The second-order valence-corrected chi connectivity index (χ2v) is 5.06. The zero-order valence-corrected chi connectivity index (χ0v) is 12.1. The molecule has 0 aliphatic heterocycles. The van der Waals surface area contributed by atoms with Crippen molar-refractivity contribution < 1.29 is 22.3 Å². The maximum Gasteiger partial charge on any atom is 0.419 e. The lowest BCUT2D eigenvalue weighted by molar-refractivity contribution is -0.138. The average Bonchev–Trinajstić information content (AvgIpc) is 2.42. The summed E-state index contributed by atoms with van der Waals surface area (Å²) in [5.41, 5.74) is 4.71. The van der Waals surface area contributed by atoms with E-state index in [0.717, 1.165) is 12.1 Å². The molecule has 0 saturated heterocycles. The Hall–Kier alpha value is -1.60. The number of ether oxygens (including phenoxy) is 1. The zero-order valence-electron chi connectivity index (χ0n) is 10.5. The van der Waals surface area contributed by atoms with E-state index in [2.05, 4.69) is 15.9 Å². The predicted molar refractivity (Wildman–Crippen MR) is 73.5 cm³/mol. The van der Waals surface area contributed by atoms with Crippen molar-refractivity contribution in [1.82, 2.24) is 0 Å². The van der Waals surface area contributed by atoms with E-state index in [1.54, 1.807) is 0 Å². The second-order valence-electron chi connectivity index (χ2n) is 4.21. The highest BCUT2D eigenvalue weighted by Gasteiger charge is 2.35. The van der Waals surface area contributed by atoms with E-state index >= 15 is 0 Å². The van der Waals surface area contributed by atoms with Gasteiger partial charge in [-0.2, -0.15) is 13.2 Å². The molecule has 2 aromatic carbocycles. The molecule has 2 nitrogen and oxygen atoms in total. The Bertz CT molecular complexity index is 658. The summed E-state index contributed by atoms with van der Waals surface area (Å²) >= 11 is 3.10. The van der Waals surface area contributed by atoms with Crippen molar-refractivity contribution >= 4 is 15.9 Å². The Morgan fingerprint density at radius 1 is 1.05 bits per heavy atom. The van der Waals surface area contributed by atoms with Gasteiger partial charge in [0.15, 0.2) is 0 Å². The minimum atomic E-state index is -4.60. The normalized spacial score (nSPS) is 11.5. The molecule has 0 aliphatic carbocycles. The lowest BCUT2D eigenvalue weighted by Crippen LogP contribution is -2.09. The Morgan fingerprint density at radius 3 is 2.38 bits per heavy atom. The minimum absolute atomic E-state index is 0.0208. The van der Waals surface area contributed by atoms with E-state index in [0.29, 0.717) is 10.0 Å². The molecule has 0 saturated carbocycles. The first kappa shape index (κ1) is 15.8. The quantitative estimate of drug-likeness (QED) is 0.790. The average molecular weight is 364 g/mol. The summed E-state index contributed by atoms with van der Waals surface area (Å²) in [6.45, 7) is -0.0208. The van der Waals surface area contributed by atoms with Gasteiger partial charge in [-0.3, -0.25) is 0 Å². The second kappa shape index (κ2) is 6.03. The van der Waals surface area contributed by atoms with Crippen LogP contribution in [0.3, 0.4) is 0 Å². The van der Waals surface area contributed by atoms with Gasteiger partial charge in [0, 0.05) is 12.6 Å². The molecule has 21 heavy (non-hydrogen) atoms. The lowest BCUT2D eigenvalue weighted by Gasteiger charge is -2.15. The fraction of sp³-hybridized carbons (Fsp3) is 0.143. The molecule has 112 valence electrons. The van der Waals surface area contributed by atoms with Gasteiger partial charge in [0.2, 0.25) is 0 Å². The summed E-state index contributed by atoms with van der Waals surface area (Å²) in [7, 11) is 0. The molecular weight excluding hydrogens is 354 g/mol. The summed E-state index contributed by atoms with van der Waals surface area (Å²) in [6, 6.07) is 7.04. The molecule has 2 aromatic rings. The summed E-state index contributed by atoms with van der Waals surface area (Å²) in [5.74, 6) is -1.06. The molecule has 2 N–H and O–H groups in total. The van der Waals surface area contributed by atoms with Crippen molar-refractivity contribution in [2.24, 2.45) is 5.73 Å². The molecule has 0 spiro atoms. The van der Waals surface area contributed by atoms with Crippen LogP contribution in [0.4, 0.5) is 17.6 Å². The van der Waals surface area contributed by atoms with E-state index in [1.807, 2.05) is 0 Å². The number of halogens is 5. The molecule has 2 rings (SSSR count). The first-order valence-corrected chi connectivity index (χ1v) is 6.63. The van der Waals surface area contributed by atoms with E-state index in [9.17, 15) is 17.6 Å². The highest BCUT2D eigenvalue weighted by atomic mass is 79.9. The number of alkyl halides is 3. The summed E-state index contributed by atoms with van der Waals surface area (Å²) in [5, 5.41) is 0. The lowest BCUT2D eigenvalue weighted by atomic mass is 10.1. The third-order valence-electron chi connectivity index (χ3n) is 2.70. The van der Waals surface area contributed by atoms with Crippen LogP contribution in [0.1, 0.15) is 11.1 Å². The van der Waals surface area contributed by atoms with Crippen LogP contribution in [-0.4, -0.2) is 0 Å². The van der Waals surface area contributed by atoms with Crippen molar-refractivity contribution in [3.63, 3.8) is 0 Å². The van der Waals surface area contributed by atoms with Gasteiger partial charge < -0.3 is 10.5 Å². The topological polar surface area (TPSA) is 35.2 Å². The number of rotatable bonds is 3. The van der Waals surface area contributed by atoms with Crippen molar-refractivity contribution in [3.8, 4) is 11.5 Å². The van der Waals surface area contributed by atoms with Crippen LogP contribution in [0.15, 0.2) is 40.9 Å². The first-order valence-electron chi connectivity index (χ1n) is 5.84. The Kier molecular flexibility index (Phi) is 4.53. The highest BCUT2D eigenvalue weighted by Crippen LogP contribution is 2.40. The van der Waals surface area contributed by atoms with Gasteiger partial charge >= 0.3 is 6.18 Å². The standard InChI is InChI=1S/C14H10BrF4NO/c15-11-3-2-9(16)6-13(11)21-12-4-1-8(7-20)5-10(12)14(17,18)19/h1-6H,7,20H2. The third kappa shape index (κ3) is 3.74. The van der Waals surface area contributed by atoms with Crippen LogP contribution in [0.25, 0.3) is 0 Å². The van der Waals surface area contributed by atoms with Crippen molar-refractivity contribution in [3.05, 3.63) is 57.8 Å². The molecule has 0 aromatic heterocycles. The third-order valence-corrected chi connectivity index (χ3v) is 3.35. The zero-order chi connectivity index (χ0) is 15.6. The predicted octanol–water partition coefficient (Wildman–Crippen LogP) is 4.86. The van der Waals surface area contributed by atoms with Crippen LogP contribution in [0.5, 0.6) is 11.5 Å². The molecule has 0 heterocycles. The molecule has 0 fully saturated rings. The van der Waals surface area contributed by atoms with Crippen LogP contribution in [0.2, 0.25) is 0 Å².